The first-order valence-corrected chi connectivity index (χ1v) is 5.67. The summed E-state index contributed by atoms with van der Waals surface area (Å²) in [6, 6.07) is 1.62. The van der Waals surface area contributed by atoms with E-state index in [0.717, 1.165) is 10.9 Å². The largest absolute Gasteiger partial charge is 0.453 e. The summed E-state index contributed by atoms with van der Waals surface area (Å²) in [5.74, 6) is -0.883. The number of halogens is 3. The van der Waals surface area contributed by atoms with Gasteiger partial charge in [0.25, 0.3) is 11.6 Å². The van der Waals surface area contributed by atoms with Crippen molar-refractivity contribution in [1.29, 1.82) is 0 Å². The third-order valence-corrected chi connectivity index (χ3v) is 2.68. The number of hydroxylamine groups is 1. The molecular formula is C10H10F3N5O. The molecule has 0 saturated carbocycles. The van der Waals surface area contributed by atoms with Crippen LogP contribution >= 0.6 is 0 Å². The highest BCUT2D eigenvalue weighted by Crippen LogP contribution is 2.28. The first kappa shape index (κ1) is 12.2. The number of fused-ring (bicyclic) bond motifs is 1. The Kier molecular flexibility index (Phi) is 2.59. The Hall–Kier alpha value is -1.90. The summed E-state index contributed by atoms with van der Waals surface area (Å²) in [6.07, 6.45) is -3.78. The number of nitrogens with zero attached hydrogens (tertiary/aromatic N) is 5. The Bertz CT molecular complexity index is 617. The molecule has 19 heavy (non-hydrogen) atoms. The minimum Gasteiger partial charge on any atom is -0.272 e. The highest BCUT2D eigenvalue weighted by atomic mass is 19.4. The molecule has 0 unspecified atom stereocenters. The van der Waals surface area contributed by atoms with Crippen LogP contribution < -0.4 is 5.06 Å². The summed E-state index contributed by atoms with van der Waals surface area (Å²) in [6.45, 7) is 2.81. The minimum atomic E-state index is -4.59. The van der Waals surface area contributed by atoms with Crippen LogP contribution in [0.2, 0.25) is 0 Å². The lowest BCUT2D eigenvalue weighted by Gasteiger charge is -2.16. The molecule has 9 heteroatoms. The fourth-order valence-corrected chi connectivity index (χ4v) is 1.89. The average molecular weight is 273 g/mol. The smallest absolute Gasteiger partial charge is 0.272 e. The molecule has 0 atom stereocenters. The van der Waals surface area contributed by atoms with Crippen molar-refractivity contribution in [2.45, 2.75) is 19.5 Å². The van der Waals surface area contributed by atoms with Crippen LogP contribution in [0.25, 0.3) is 5.78 Å². The van der Waals surface area contributed by atoms with E-state index >= 15 is 0 Å². The molecule has 2 aromatic heterocycles. The van der Waals surface area contributed by atoms with E-state index in [1.807, 2.05) is 0 Å². The fraction of sp³-hybridized carbons (Fsp3) is 0.500. The molecule has 2 aromatic rings. The Morgan fingerprint density at radius 2 is 2.11 bits per heavy atom. The second kappa shape index (κ2) is 4.05. The van der Waals surface area contributed by atoms with Crippen LogP contribution in [0.4, 0.5) is 19.0 Å². The second-order valence-electron chi connectivity index (χ2n) is 4.19. The minimum absolute atomic E-state index is 0.0853. The zero-order valence-corrected chi connectivity index (χ0v) is 9.98. The zero-order chi connectivity index (χ0) is 13.6. The second-order valence-corrected chi connectivity index (χ2v) is 4.19. The lowest BCUT2D eigenvalue weighted by molar-refractivity contribution is -0.144. The van der Waals surface area contributed by atoms with Gasteiger partial charge >= 0.3 is 6.18 Å². The van der Waals surface area contributed by atoms with Crippen molar-refractivity contribution in [2.24, 2.45) is 0 Å². The summed E-state index contributed by atoms with van der Waals surface area (Å²) >= 11 is 0. The SMILES string of the molecule is Cc1cc(N2CCCO2)n2nc(C(F)(F)F)nc2n1. The molecular weight excluding hydrogens is 263 g/mol. The van der Waals surface area contributed by atoms with Gasteiger partial charge in [-0.25, -0.2) is 10.0 Å². The average Bonchev–Trinajstić information content (AvgIpc) is 2.95. The Morgan fingerprint density at radius 3 is 2.74 bits per heavy atom. The molecule has 0 amide bonds. The molecule has 1 aliphatic heterocycles. The molecule has 1 fully saturated rings. The van der Waals surface area contributed by atoms with Crippen LogP contribution in [0.1, 0.15) is 17.9 Å². The maximum atomic E-state index is 12.6. The molecule has 0 N–H and O–H groups in total. The molecule has 0 aliphatic carbocycles. The normalized spacial score (nSPS) is 16.5. The van der Waals surface area contributed by atoms with Gasteiger partial charge in [0.2, 0.25) is 0 Å². The van der Waals surface area contributed by atoms with Gasteiger partial charge in [0, 0.05) is 18.3 Å². The number of alkyl halides is 3. The number of rotatable bonds is 1. The van der Waals surface area contributed by atoms with Crippen molar-refractivity contribution >= 4 is 11.6 Å². The third kappa shape index (κ3) is 2.09. The van der Waals surface area contributed by atoms with E-state index in [-0.39, 0.29) is 5.78 Å². The van der Waals surface area contributed by atoms with Gasteiger partial charge in [0.05, 0.1) is 6.61 Å². The number of hydrogen-bond acceptors (Lipinski definition) is 5. The van der Waals surface area contributed by atoms with Crippen molar-refractivity contribution in [3.05, 3.63) is 17.6 Å². The first-order chi connectivity index (χ1) is 8.95. The van der Waals surface area contributed by atoms with E-state index < -0.39 is 12.0 Å². The molecule has 3 heterocycles. The lowest BCUT2D eigenvalue weighted by atomic mass is 10.4. The van der Waals surface area contributed by atoms with Crippen molar-refractivity contribution in [3.8, 4) is 0 Å². The summed E-state index contributed by atoms with van der Waals surface area (Å²) in [7, 11) is 0. The third-order valence-electron chi connectivity index (χ3n) is 2.68. The quantitative estimate of drug-likeness (QED) is 0.789. The Labute approximate surface area is 105 Å². The van der Waals surface area contributed by atoms with Crippen LogP contribution in [-0.4, -0.2) is 32.7 Å². The van der Waals surface area contributed by atoms with Crippen LogP contribution in [-0.2, 0) is 11.0 Å². The van der Waals surface area contributed by atoms with Crippen molar-refractivity contribution in [2.75, 3.05) is 18.2 Å². The van der Waals surface area contributed by atoms with Crippen molar-refractivity contribution in [1.82, 2.24) is 19.6 Å². The monoisotopic (exact) mass is 273 g/mol. The predicted molar refractivity (Wildman–Crippen MR) is 58.4 cm³/mol. The van der Waals surface area contributed by atoms with Gasteiger partial charge in [-0.3, -0.25) is 4.84 Å². The fourth-order valence-electron chi connectivity index (χ4n) is 1.89. The standard InChI is InChI=1S/C10H10F3N5O/c1-6-5-7(17-3-2-4-19-17)18-9(14-6)15-8(16-18)10(11,12)13/h5H,2-4H2,1H3. The summed E-state index contributed by atoms with van der Waals surface area (Å²) < 4.78 is 38.9. The summed E-state index contributed by atoms with van der Waals surface area (Å²) in [5.41, 5.74) is 0.555. The van der Waals surface area contributed by atoms with Crippen molar-refractivity contribution in [3.63, 3.8) is 0 Å². The molecule has 0 bridgehead atoms. The lowest BCUT2D eigenvalue weighted by Crippen LogP contribution is -2.20. The van der Waals surface area contributed by atoms with Gasteiger partial charge in [0.1, 0.15) is 0 Å². The first-order valence-electron chi connectivity index (χ1n) is 5.67. The van der Waals surface area contributed by atoms with E-state index in [2.05, 4.69) is 15.1 Å². The van der Waals surface area contributed by atoms with Crippen LogP contribution in [0.3, 0.4) is 0 Å². The molecule has 102 valence electrons. The van der Waals surface area contributed by atoms with Crippen LogP contribution in [0, 0.1) is 6.92 Å². The highest BCUT2D eigenvalue weighted by molar-refractivity contribution is 5.46. The van der Waals surface area contributed by atoms with Crippen molar-refractivity contribution < 1.29 is 18.0 Å². The van der Waals surface area contributed by atoms with E-state index in [4.69, 9.17) is 4.84 Å². The zero-order valence-electron chi connectivity index (χ0n) is 9.98. The number of aromatic nitrogens is 4. The molecule has 6 nitrogen and oxygen atoms in total. The summed E-state index contributed by atoms with van der Waals surface area (Å²) in [4.78, 5) is 12.7. The van der Waals surface area contributed by atoms with Gasteiger partial charge in [-0.2, -0.15) is 22.7 Å². The molecule has 3 rings (SSSR count). The molecule has 1 aliphatic rings. The maximum absolute atomic E-state index is 12.6. The molecule has 0 aromatic carbocycles. The highest BCUT2D eigenvalue weighted by Gasteiger charge is 2.37. The molecule has 0 spiro atoms. The van der Waals surface area contributed by atoms with Gasteiger partial charge < -0.3 is 0 Å². The van der Waals surface area contributed by atoms with Crippen LogP contribution in [0.15, 0.2) is 6.07 Å². The number of hydrogen-bond donors (Lipinski definition) is 0. The van der Waals surface area contributed by atoms with Gasteiger partial charge in [-0.15, -0.1) is 5.10 Å². The van der Waals surface area contributed by atoms with E-state index in [1.165, 1.54) is 5.06 Å². The van der Waals surface area contributed by atoms with Crippen LogP contribution in [0.5, 0.6) is 0 Å². The van der Waals surface area contributed by atoms with Gasteiger partial charge in [0.15, 0.2) is 5.82 Å². The van der Waals surface area contributed by atoms with E-state index in [9.17, 15) is 13.2 Å². The topological polar surface area (TPSA) is 55.6 Å². The van der Waals surface area contributed by atoms with E-state index in [0.29, 0.717) is 24.7 Å². The maximum Gasteiger partial charge on any atom is 0.453 e. The predicted octanol–water partition coefficient (Wildman–Crippen LogP) is 1.59. The molecule has 0 radical (unpaired) electrons. The number of aryl methyl sites for hydroxylation is 1. The molecule has 1 saturated heterocycles. The summed E-state index contributed by atoms with van der Waals surface area (Å²) in [5, 5.41) is 4.98. The number of anilines is 1. The Morgan fingerprint density at radius 1 is 1.32 bits per heavy atom. The van der Waals surface area contributed by atoms with Gasteiger partial charge in [-0.05, 0) is 13.3 Å². The Balaban J connectivity index is 2.17. The van der Waals surface area contributed by atoms with E-state index in [1.54, 1.807) is 13.0 Å². The van der Waals surface area contributed by atoms with Gasteiger partial charge in [-0.1, -0.05) is 0 Å².